The molecule has 18 heavy (non-hydrogen) atoms. The van der Waals surface area contributed by atoms with E-state index >= 15 is 0 Å². The van der Waals surface area contributed by atoms with Crippen molar-refractivity contribution < 1.29 is 9.66 Å². The van der Waals surface area contributed by atoms with Crippen molar-refractivity contribution in [1.82, 2.24) is 0 Å². The van der Waals surface area contributed by atoms with E-state index in [1.54, 1.807) is 24.3 Å². The molecule has 5 nitrogen and oxygen atoms in total. The Hall–Kier alpha value is -2.40. The molecule has 0 saturated carbocycles. The topological polar surface area (TPSA) is 78.4 Å². The lowest BCUT2D eigenvalue weighted by atomic mass is 10.2. The Morgan fingerprint density at radius 2 is 1.83 bits per heavy atom. The minimum atomic E-state index is -0.454. The molecule has 0 aliphatic rings. The van der Waals surface area contributed by atoms with E-state index in [0.29, 0.717) is 18.0 Å². The zero-order chi connectivity index (χ0) is 13.0. The normalized spacial score (nSPS) is 10.1. The number of rotatable bonds is 4. The molecular weight excluding hydrogens is 232 g/mol. The number of nitrogens with zero attached hydrogens (tertiary/aromatic N) is 1. The molecule has 0 radical (unpaired) electrons. The minimum absolute atomic E-state index is 0.00563. The third kappa shape index (κ3) is 2.83. The van der Waals surface area contributed by atoms with Gasteiger partial charge in [0.1, 0.15) is 11.5 Å². The van der Waals surface area contributed by atoms with Crippen LogP contribution in [0, 0.1) is 10.1 Å². The van der Waals surface area contributed by atoms with Gasteiger partial charge >= 0.3 is 0 Å². The van der Waals surface area contributed by atoms with Crippen LogP contribution in [0.2, 0.25) is 0 Å². The highest BCUT2D eigenvalue weighted by Crippen LogP contribution is 2.25. The summed E-state index contributed by atoms with van der Waals surface area (Å²) in [6, 6.07) is 13.3. The molecule has 0 aliphatic heterocycles. The fraction of sp³-hybridized carbons (Fsp3) is 0.0769. The van der Waals surface area contributed by atoms with E-state index in [4.69, 9.17) is 10.5 Å². The number of nitro benzene ring substituents is 1. The zero-order valence-corrected chi connectivity index (χ0v) is 9.58. The van der Waals surface area contributed by atoms with Crippen molar-refractivity contribution in [3.63, 3.8) is 0 Å². The molecule has 0 spiro atoms. The summed E-state index contributed by atoms with van der Waals surface area (Å²) in [6.07, 6.45) is 0. The van der Waals surface area contributed by atoms with Gasteiger partial charge in [0.2, 0.25) is 0 Å². The van der Waals surface area contributed by atoms with Crippen molar-refractivity contribution in [3.8, 4) is 11.5 Å². The van der Waals surface area contributed by atoms with Gasteiger partial charge in [0.25, 0.3) is 5.69 Å². The van der Waals surface area contributed by atoms with Crippen LogP contribution in [0.1, 0.15) is 5.56 Å². The first-order valence-electron chi connectivity index (χ1n) is 5.40. The molecule has 2 rings (SSSR count). The van der Waals surface area contributed by atoms with Gasteiger partial charge in [-0.1, -0.05) is 18.2 Å². The molecule has 2 N–H and O–H groups in total. The molecule has 0 fully saturated rings. The van der Waals surface area contributed by atoms with Gasteiger partial charge in [-0.2, -0.15) is 0 Å². The summed E-state index contributed by atoms with van der Waals surface area (Å²) in [5.41, 5.74) is 6.50. The van der Waals surface area contributed by atoms with Crippen molar-refractivity contribution in [1.29, 1.82) is 0 Å². The van der Waals surface area contributed by atoms with Crippen molar-refractivity contribution in [2.24, 2.45) is 5.73 Å². The second-order valence-electron chi connectivity index (χ2n) is 3.70. The van der Waals surface area contributed by atoms with E-state index in [2.05, 4.69) is 0 Å². The maximum Gasteiger partial charge on any atom is 0.273 e. The average Bonchev–Trinajstić information content (AvgIpc) is 2.40. The highest BCUT2D eigenvalue weighted by Gasteiger charge is 2.06. The first-order valence-corrected chi connectivity index (χ1v) is 5.40. The molecule has 0 amide bonds. The molecule has 0 bridgehead atoms. The molecule has 2 aromatic rings. The lowest BCUT2D eigenvalue weighted by Gasteiger charge is -2.06. The quantitative estimate of drug-likeness (QED) is 0.662. The predicted octanol–water partition coefficient (Wildman–Crippen LogP) is 2.85. The van der Waals surface area contributed by atoms with Crippen LogP contribution in [0.4, 0.5) is 5.69 Å². The summed E-state index contributed by atoms with van der Waals surface area (Å²) in [6.45, 7) is 0.469. The van der Waals surface area contributed by atoms with Gasteiger partial charge in [-0.05, 0) is 23.8 Å². The fourth-order valence-electron chi connectivity index (χ4n) is 1.49. The number of nitro groups is 1. The summed E-state index contributed by atoms with van der Waals surface area (Å²) < 4.78 is 5.52. The average molecular weight is 244 g/mol. The number of benzene rings is 2. The van der Waals surface area contributed by atoms with E-state index in [1.807, 2.05) is 12.1 Å². The predicted molar refractivity (Wildman–Crippen MR) is 67.5 cm³/mol. The Bertz CT molecular complexity index is 552. The lowest BCUT2D eigenvalue weighted by Crippen LogP contribution is -1.95. The maximum absolute atomic E-state index is 10.6. The molecule has 92 valence electrons. The first kappa shape index (κ1) is 12.1. The second kappa shape index (κ2) is 5.29. The van der Waals surface area contributed by atoms with Crippen LogP contribution in [-0.4, -0.2) is 4.92 Å². The molecule has 0 atom stereocenters. The van der Waals surface area contributed by atoms with Gasteiger partial charge in [0.05, 0.1) is 11.0 Å². The van der Waals surface area contributed by atoms with Crippen LogP contribution in [0.15, 0.2) is 48.5 Å². The van der Waals surface area contributed by atoms with Crippen molar-refractivity contribution in [3.05, 3.63) is 64.2 Å². The molecular formula is C13H12N2O3. The van der Waals surface area contributed by atoms with E-state index in [-0.39, 0.29) is 5.69 Å². The lowest BCUT2D eigenvalue weighted by molar-refractivity contribution is -0.384. The van der Waals surface area contributed by atoms with Crippen LogP contribution in [0.25, 0.3) is 0 Å². The van der Waals surface area contributed by atoms with Gasteiger partial charge in [-0.15, -0.1) is 0 Å². The fourth-order valence-corrected chi connectivity index (χ4v) is 1.49. The SMILES string of the molecule is NCc1ccc(Oc2cccc([N+](=O)[O-])c2)cc1. The van der Waals surface area contributed by atoms with Gasteiger partial charge in [-0.3, -0.25) is 10.1 Å². The minimum Gasteiger partial charge on any atom is -0.457 e. The summed E-state index contributed by atoms with van der Waals surface area (Å²) in [7, 11) is 0. The first-order chi connectivity index (χ1) is 8.69. The van der Waals surface area contributed by atoms with Crippen molar-refractivity contribution in [2.45, 2.75) is 6.54 Å². The molecule has 0 heterocycles. The third-order valence-electron chi connectivity index (χ3n) is 2.42. The van der Waals surface area contributed by atoms with Crippen LogP contribution in [0.3, 0.4) is 0 Å². The second-order valence-corrected chi connectivity index (χ2v) is 3.70. The molecule has 0 aliphatic carbocycles. The van der Waals surface area contributed by atoms with E-state index in [0.717, 1.165) is 5.56 Å². The Labute approximate surface area is 104 Å². The Morgan fingerprint density at radius 3 is 2.44 bits per heavy atom. The highest BCUT2D eigenvalue weighted by atomic mass is 16.6. The van der Waals surface area contributed by atoms with E-state index < -0.39 is 4.92 Å². The van der Waals surface area contributed by atoms with Crippen LogP contribution >= 0.6 is 0 Å². The molecule has 2 aromatic carbocycles. The maximum atomic E-state index is 10.6. The van der Waals surface area contributed by atoms with Crippen LogP contribution in [0.5, 0.6) is 11.5 Å². The summed E-state index contributed by atoms with van der Waals surface area (Å²) in [5, 5.41) is 10.6. The monoisotopic (exact) mass is 244 g/mol. The van der Waals surface area contributed by atoms with Gasteiger partial charge < -0.3 is 10.5 Å². The smallest absolute Gasteiger partial charge is 0.273 e. The van der Waals surface area contributed by atoms with Gasteiger partial charge in [0, 0.05) is 12.6 Å². The number of ether oxygens (including phenoxy) is 1. The van der Waals surface area contributed by atoms with Gasteiger partial charge in [0.15, 0.2) is 0 Å². The molecule has 0 unspecified atom stereocenters. The number of nitrogens with two attached hydrogens (primary N) is 1. The van der Waals surface area contributed by atoms with Crippen molar-refractivity contribution in [2.75, 3.05) is 0 Å². The molecule has 5 heteroatoms. The summed E-state index contributed by atoms with van der Waals surface area (Å²) in [5.74, 6) is 1.05. The molecule has 0 aromatic heterocycles. The van der Waals surface area contributed by atoms with E-state index in [1.165, 1.54) is 12.1 Å². The third-order valence-corrected chi connectivity index (χ3v) is 2.42. The standard InChI is InChI=1S/C13H12N2O3/c14-9-10-4-6-12(7-5-10)18-13-3-1-2-11(8-13)15(16)17/h1-8H,9,14H2. The summed E-state index contributed by atoms with van der Waals surface area (Å²) in [4.78, 5) is 10.2. The Kier molecular flexibility index (Phi) is 3.54. The van der Waals surface area contributed by atoms with E-state index in [9.17, 15) is 10.1 Å². The van der Waals surface area contributed by atoms with Gasteiger partial charge in [-0.25, -0.2) is 0 Å². The Morgan fingerprint density at radius 1 is 1.11 bits per heavy atom. The number of non-ortho nitro benzene ring substituents is 1. The van der Waals surface area contributed by atoms with Crippen LogP contribution in [-0.2, 0) is 6.54 Å². The summed E-state index contributed by atoms with van der Waals surface area (Å²) >= 11 is 0. The molecule has 0 saturated heterocycles. The largest absolute Gasteiger partial charge is 0.457 e. The zero-order valence-electron chi connectivity index (χ0n) is 9.58. The highest BCUT2D eigenvalue weighted by molar-refractivity contribution is 5.40. The van der Waals surface area contributed by atoms with Crippen LogP contribution < -0.4 is 10.5 Å². The Balaban J connectivity index is 2.17. The number of hydrogen-bond donors (Lipinski definition) is 1. The van der Waals surface area contributed by atoms with Crippen molar-refractivity contribution >= 4 is 5.69 Å². The number of hydrogen-bond acceptors (Lipinski definition) is 4.